The highest BCUT2D eigenvalue weighted by molar-refractivity contribution is 7.89. The summed E-state index contributed by atoms with van der Waals surface area (Å²) in [4.78, 5) is 11.4. The highest BCUT2D eigenvalue weighted by Crippen LogP contribution is 2.39. The molecule has 3 rings (SSSR count). The molecular weight excluding hydrogens is 294 g/mol. The Morgan fingerprint density at radius 1 is 1.33 bits per heavy atom. The number of primary amides is 1. The van der Waals surface area contributed by atoms with E-state index in [1.54, 1.807) is 7.05 Å². The number of aliphatic hydroxyl groups excluding tert-OH is 1. The maximum atomic E-state index is 12.8. The lowest BCUT2D eigenvalue weighted by Crippen LogP contribution is -2.47. The van der Waals surface area contributed by atoms with E-state index in [-0.39, 0.29) is 22.7 Å². The number of carbonyl (C=O) groups excluding carboxylic acids is 1. The van der Waals surface area contributed by atoms with Crippen LogP contribution in [-0.4, -0.2) is 46.5 Å². The van der Waals surface area contributed by atoms with E-state index in [2.05, 4.69) is 0 Å². The van der Waals surface area contributed by atoms with Gasteiger partial charge in [-0.25, -0.2) is 8.42 Å². The fourth-order valence-corrected chi connectivity index (χ4v) is 5.50. The molecule has 2 saturated heterocycles. The molecule has 1 amide bonds. The van der Waals surface area contributed by atoms with Gasteiger partial charge in [-0.2, -0.15) is 4.31 Å². The molecule has 2 atom stereocenters. The molecule has 1 aromatic rings. The molecule has 1 aromatic heterocycles. The molecule has 21 heavy (non-hydrogen) atoms. The van der Waals surface area contributed by atoms with Crippen molar-refractivity contribution in [1.82, 2.24) is 8.87 Å². The van der Waals surface area contributed by atoms with Crippen LogP contribution < -0.4 is 5.73 Å². The molecule has 2 bridgehead atoms. The summed E-state index contributed by atoms with van der Waals surface area (Å²) in [5.74, 6) is -0.656. The maximum Gasteiger partial charge on any atom is 0.265 e. The topological polar surface area (TPSA) is 106 Å². The Balaban J connectivity index is 1.98. The average Bonchev–Trinajstić information content (AvgIpc) is 2.90. The van der Waals surface area contributed by atoms with E-state index in [0.29, 0.717) is 12.8 Å². The smallest absolute Gasteiger partial charge is 0.265 e. The van der Waals surface area contributed by atoms with Gasteiger partial charge < -0.3 is 15.4 Å². The van der Waals surface area contributed by atoms with Gasteiger partial charge in [0.2, 0.25) is 10.0 Å². The molecule has 7 nitrogen and oxygen atoms in total. The van der Waals surface area contributed by atoms with Gasteiger partial charge >= 0.3 is 0 Å². The molecule has 2 aliphatic heterocycles. The minimum atomic E-state index is -3.66. The molecular formula is C13H19N3O4S. The predicted molar refractivity (Wildman–Crippen MR) is 75.0 cm³/mol. The number of amides is 1. The van der Waals surface area contributed by atoms with E-state index in [1.807, 2.05) is 0 Å². The summed E-state index contributed by atoms with van der Waals surface area (Å²) in [6.07, 6.45) is 3.49. The summed E-state index contributed by atoms with van der Waals surface area (Å²) in [5, 5.41) is 9.78. The van der Waals surface area contributed by atoms with Crippen LogP contribution in [0.15, 0.2) is 17.2 Å². The van der Waals surface area contributed by atoms with Crippen LogP contribution in [-0.2, 0) is 17.1 Å². The highest BCUT2D eigenvalue weighted by atomic mass is 32.2. The lowest BCUT2D eigenvalue weighted by atomic mass is 10.0. The molecule has 2 fully saturated rings. The number of aliphatic hydroxyl groups is 1. The molecule has 3 heterocycles. The standard InChI is InChI=1S/C13H19N3O4S/c1-15-7-11(6-12(15)13(14)18)21(19,20)16-8-2-3-9(16)5-10(17)4-8/h6-10,17H,2-5H2,1H3,(H2,14,18). The van der Waals surface area contributed by atoms with Crippen LogP contribution in [0.5, 0.6) is 0 Å². The van der Waals surface area contributed by atoms with Gasteiger partial charge in [-0.05, 0) is 31.7 Å². The lowest BCUT2D eigenvalue weighted by Gasteiger charge is -2.35. The third kappa shape index (κ3) is 2.27. The summed E-state index contributed by atoms with van der Waals surface area (Å²) in [6, 6.07) is 1.02. The van der Waals surface area contributed by atoms with Gasteiger partial charge in [0.25, 0.3) is 5.91 Å². The maximum absolute atomic E-state index is 12.8. The molecule has 0 aliphatic carbocycles. The fourth-order valence-electron chi connectivity index (χ4n) is 3.54. The van der Waals surface area contributed by atoms with Crippen molar-refractivity contribution in [2.45, 2.75) is 48.8 Å². The van der Waals surface area contributed by atoms with E-state index >= 15 is 0 Å². The van der Waals surface area contributed by atoms with Crippen molar-refractivity contribution < 1.29 is 18.3 Å². The normalized spacial score (nSPS) is 29.7. The Morgan fingerprint density at radius 2 is 1.90 bits per heavy atom. The van der Waals surface area contributed by atoms with E-state index < -0.39 is 22.0 Å². The van der Waals surface area contributed by atoms with Gasteiger partial charge in [0.05, 0.1) is 6.10 Å². The van der Waals surface area contributed by atoms with Crippen LogP contribution in [0, 0.1) is 0 Å². The first-order valence-electron chi connectivity index (χ1n) is 6.98. The first-order chi connectivity index (χ1) is 9.80. The van der Waals surface area contributed by atoms with Crippen molar-refractivity contribution in [2.75, 3.05) is 0 Å². The van der Waals surface area contributed by atoms with E-state index in [1.165, 1.54) is 21.1 Å². The van der Waals surface area contributed by atoms with Gasteiger partial charge in [0.15, 0.2) is 0 Å². The second-order valence-electron chi connectivity index (χ2n) is 5.88. The van der Waals surface area contributed by atoms with Crippen molar-refractivity contribution in [3.63, 3.8) is 0 Å². The van der Waals surface area contributed by atoms with Gasteiger partial charge in [-0.3, -0.25) is 4.79 Å². The molecule has 116 valence electrons. The zero-order valence-electron chi connectivity index (χ0n) is 11.8. The number of rotatable bonds is 3. The van der Waals surface area contributed by atoms with Crippen LogP contribution >= 0.6 is 0 Å². The van der Waals surface area contributed by atoms with Crippen LogP contribution in [0.3, 0.4) is 0 Å². The van der Waals surface area contributed by atoms with Crippen LogP contribution in [0.2, 0.25) is 0 Å². The number of hydrogen-bond donors (Lipinski definition) is 2. The van der Waals surface area contributed by atoms with E-state index in [9.17, 15) is 18.3 Å². The summed E-state index contributed by atoms with van der Waals surface area (Å²) in [5.41, 5.74) is 5.40. The van der Waals surface area contributed by atoms with Crippen LogP contribution in [0.1, 0.15) is 36.2 Å². The van der Waals surface area contributed by atoms with Crippen molar-refractivity contribution in [1.29, 1.82) is 0 Å². The lowest BCUT2D eigenvalue weighted by molar-refractivity contribution is 0.0768. The van der Waals surface area contributed by atoms with Gasteiger partial charge in [0.1, 0.15) is 10.6 Å². The number of aromatic nitrogens is 1. The van der Waals surface area contributed by atoms with E-state index in [4.69, 9.17) is 5.73 Å². The summed E-state index contributed by atoms with van der Waals surface area (Å²) >= 11 is 0. The van der Waals surface area contributed by atoms with Crippen molar-refractivity contribution >= 4 is 15.9 Å². The van der Waals surface area contributed by atoms with Gasteiger partial charge in [-0.15, -0.1) is 0 Å². The van der Waals surface area contributed by atoms with Crippen LogP contribution in [0.25, 0.3) is 0 Å². The zero-order chi connectivity index (χ0) is 15.4. The number of nitrogens with zero attached hydrogens (tertiary/aromatic N) is 2. The average molecular weight is 313 g/mol. The number of aryl methyl sites for hydroxylation is 1. The summed E-state index contributed by atoms with van der Waals surface area (Å²) < 4.78 is 28.6. The van der Waals surface area contributed by atoms with Crippen molar-refractivity contribution in [3.8, 4) is 0 Å². The van der Waals surface area contributed by atoms with Crippen molar-refractivity contribution in [3.05, 3.63) is 18.0 Å². The van der Waals surface area contributed by atoms with E-state index in [0.717, 1.165) is 12.8 Å². The second-order valence-corrected chi connectivity index (χ2v) is 7.72. The molecule has 0 aromatic carbocycles. The number of piperidine rings is 1. The van der Waals surface area contributed by atoms with Crippen molar-refractivity contribution in [2.24, 2.45) is 12.8 Å². The highest BCUT2D eigenvalue weighted by Gasteiger charge is 2.47. The Morgan fingerprint density at radius 3 is 2.38 bits per heavy atom. The molecule has 2 aliphatic rings. The Bertz CT molecular complexity index is 668. The molecule has 0 radical (unpaired) electrons. The molecule has 8 heteroatoms. The molecule has 2 unspecified atom stereocenters. The number of carbonyl (C=O) groups is 1. The minimum absolute atomic E-state index is 0.0899. The number of nitrogens with two attached hydrogens (primary N) is 1. The summed E-state index contributed by atoms with van der Waals surface area (Å²) in [6.45, 7) is 0. The second kappa shape index (κ2) is 4.82. The summed E-state index contributed by atoms with van der Waals surface area (Å²) in [7, 11) is -2.07. The Kier molecular flexibility index (Phi) is 3.34. The monoisotopic (exact) mass is 313 g/mol. The van der Waals surface area contributed by atoms with Gasteiger partial charge in [-0.1, -0.05) is 0 Å². The fraction of sp³-hybridized carbons (Fsp3) is 0.615. The first kappa shape index (κ1) is 14.6. The predicted octanol–water partition coefficient (Wildman–Crippen LogP) is -0.200. The first-order valence-corrected chi connectivity index (χ1v) is 8.42. The number of fused-ring (bicyclic) bond motifs is 2. The SMILES string of the molecule is Cn1cc(S(=O)(=O)N2C3CCC2CC(O)C3)cc1C(N)=O. The Labute approximate surface area is 123 Å². The largest absolute Gasteiger partial charge is 0.393 e. The van der Waals surface area contributed by atoms with Crippen LogP contribution in [0.4, 0.5) is 0 Å². The molecule has 0 saturated carbocycles. The number of hydrogen-bond acceptors (Lipinski definition) is 4. The third-order valence-corrected chi connectivity index (χ3v) is 6.42. The zero-order valence-corrected chi connectivity index (χ0v) is 12.6. The minimum Gasteiger partial charge on any atom is -0.393 e. The quantitative estimate of drug-likeness (QED) is 0.806. The third-order valence-electron chi connectivity index (χ3n) is 4.45. The molecule has 3 N–H and O–H groups in total. The number of sulfonamides is 1. The molecule has 0 spiro atoms. The Hall–Kier alpha value is -1.38. The van der Waals surface area contributed by atoms with Gasteiger partial charge in [0, 0.05) is 25.3 Å².